The van der Waals surface area contributed by atoms with Gasteiger partial charge in [-0.15, -0.1) is 0 Å². The number of halogens is 2. The van der Waals surface area contributed by atoms with E-state index in [1.807, 2.05) is 36.4 Å². The highest BCUT2D eigenvalue weighted by atomic mass is 19.2. The number of amides is 1. The molecule has 0 spiro atoms. The molecular weight excluding hydrogens is 362 g/mol. The summed E-state index contributed by atoms with van der Waals surface area (Å²) in [6, 6.07) is 19.7. The molecule has 2 N–H and O–H groups in total. The number of nitrogens with one attached hydrogen (secondary N) is 2. The van der Waals surface area contributed by atoms with Crippen molar-refractivity contribution < 1.29 is 18.3 Å². The van der Waals surface area contributed by atoms with Crippen molar-refractivity contribution in [3.8, 4) is 11.5 Å². The second-order valence-electron chi connectivity index (χ2n) is 6.24. The number of hydrogen-bond acceptors (Lipinski definition) is 3. The monoisotopic (exact) mass is 382 g/mol. The molecule has 28 heavy (non-hydrogen) atoms. The van der Waals surface area contributed by atoms with Gasteiger partial charge in [-0.3, -0.25) is 4.79 Å². The number of benzene rings is 3. The number of ether oxygens (including phenoxy) is 1. The van der Waals surface area contributed by atoms with Crippen LogP contribution in [0.3, 0.4) is 0 Å². The average Bonchev–Trinajstić information content (AvgIpc) is 2.70. The van der Waals surface area contributed by atoms with Crippen LogP contribution in [0.1, 0.15) is 18.5 Å². The number of rotatable bonds is 7. The van der Waals surface area contributed by atoms with Crippen LogP contribution in [0.2, 0.25) is 0 Å². The number of carbonyl (C=O) groups is 1. The fourth-order valence-corrected chi connectivity index (χ4v) is 2.61. The standard InChI is InChI=1S/C22H20F2N2O2/c1-15(16-11-12-18(23)19(24)13-16)25-14-22(27)26-20-9-5-6-10-21(20)28-17-7-3-2-4-8-17/h2-13,15,25H,14H2,1H3,(H,26,27)/t15-/m0/s1. The third-order valence-corrected chi connectivity index (χ3v) is 4.14. The van der Waals surface area contributed by atoms with Gasteiger partial charge in [0.25, 0.3) is 0 Å². The van der Waals surface area contributed by atoms with Crippen molar-refractivity contribution in [3.63, 3.8) is 0 Å². The Labute approximate surface area is 162 Å². The summed E-state index contributed by atoms with van der Waals surface area (Å²) < 4.78 is 32.2. The molecule has 0 saturated carbocycles. The Hall–Kier alpha value is -3.25. The van der Waals surface area contributed by atoms with Crippen LogP contribution in [0.4, 0.5) is 14.5 Å². The first-order valence-corrected chi connectivity index (χ1v) is 8.83. The van der Waals surface area contributed by atoms with Crippen molar-refractivity contribution in [2.45, 2.75) is 13.0 Å². The molecule has 0 heterocycles. The van der Waals surface area contributed by atoms with Crippen molar-refractivity contribution in [1.29, 1.82) is 0 Å². The first-order valence-electron chi connectivity index (χ1n) is 8.83. The predicted octanol–water partition coefficient (Wildman–Crippen LogP) is 5.05. The average molecular weight is 382 g/mol. The van der Waals surface area contributed by atoms with Gasteiger partial charge in [0.1, 0.15) is 5.75 Å². The van der Waals surface area contributed by atoms with Crippen LogP contribution < -0.4 is 15.4 Å². The van der Waals surface area contributed by atoms with Crippen molar-refractivity contribution in [1.82, 2.24) is 5.32 Å². The van der Waals surface area contributed by atoms with Gasteiger partial charge in [-0.2, -0.15) is 0 Å². The van der Waals surface area contributed by atoms with Crippen LogP contribution in [0, 0.1) is 11.6 Å². The van der Waals surface area contributed by atoms with Gasteiger partial charge in [-0.1, -0.05) is 36.4 Å². The zero-order chi connectivity index (χ0) is 19.9. The van der Waals surface area contributed by atoms with Gasteiger partial charge in [0, 0.05) is 6.04 Å². The summed E-state index contributed by atoms with van der Waals surface area (Å²) in [6.07, 6.45) is 0. The number of carbonyl (C=O) groups excluding carboxylic acids is 1. The normalized spacial score (nSPS) is 11.7. The lowest BCUT2D eigenvalue weighted by Crippen LogP contribution is -2.30. The summed E-state index contributed by atoms with van der Waals surface area (Å²) in [5, 5.41) is 5.79. The van der Waals surface area contributed by atoms with Crippen molar-refractivity contribution in [2.24, 2.45) is 0 Å². The van der Waals surface area contributed by atoms with Crippen molar-refractivity contribution in [2.75, 3.05) is 11.9 Å². The van der Waals surface area contributed by atoms with Gasteiger partial charge >= 0.3 is 0 Å². The molecule has 3 aromatic carbocycles. The quantitative estimate of drug-likeness (QED) is 0.601. The minimum Gasteiger partial charge on any atom is -0.455 e. The molecule has 6 heteroatoms. The van der Waals surface area contributed by atoms with Crippen LogP contribution >= 0.6 is 0 Å². The molecule has 1 amide bonds. The summed E-state index contributed by atoms with van der Waals surface area (Å²) in [5.74, 6) is -0.908. The van der Waals surface area contributed by atoms with Gasteiger partial charge in [0.2, 0.25) is 5.91 Å². The van der Waals surface area contributed by atoms with Crippen LogP contribution in [0.15, 0.2) is 72.8 Å². The van der Waals surface area contributed by atoms with E-state index in [2.05, 4.69) is 10.6 Å². The third kappa shape index (κ3) is 5.14. The zero-order valence-electron chi connectivity index (χ0n) is 15.3. The van der Waals surface area contributed by atoms with Gasteiger partial charge in [-0.25, -0.2) is 8.78 Å². The minimum absolute atomic E-state index is 0.000165. The molecule has 0 radical (unpaired) electrons. The molecule has 0 aliphatic rings. The fourth-order valence-electron chi connectivity index (χ4n) is 2.61. The predicted molar refractivity (Wildman–Crippen MR) is 104 cm³/mol. The molecule has 3 rings (SSSR count). The van der Waals surface area contributed by atoms with E-state index in [9.17, 15) is 13.6 Å². The molecule has 3 aromatic rings. The Balaban J connectivity index is 1.59. The van der Waals surface area contributed by atoms with Crippen LogP contribution in [0.25, 0.3) is 0 Å². The Bertz CT molecular complexity index is 948. The highest BCUT2D eigenvalue weighted by Gasteiger charge is 2.12. The number of para-hydroxylation sites is 3. The number of anilines is 1. The lowest BCUT2D eigenvalue weighted by atomic mass is 10.1. The topological polar surface area (TPSA) is 50.4 Å². The van der Waals surface area contributed by atoms with Gasteiger partial charge in [0.05, 0.1) is 12.2 Å². The van der Waals surface area contributed by atoms with E-state index in [-0.39, 0.29) is 18.5 Å². The molecule has 0 fully saturated rings. The largest absolute Gasteiger partial charge is 0.455 e. The molecular formula is C22H20F2N2O2. The van der Waals surface area contributed by atoms with Crippen LogP contribution in [-0.2, 0) is 4.79 Å². The SMILES string of the molecule is C[C@H](NCC(=O)Nc1ccccc1Oc1ccccc1)c1ccc(F)c(F)c1. The molecule has 0 bridgehead atoms. The molecule has 4 nitrogen and oxygen atoms in total. The van der Waals surface area contributed by atoms with Gasteiger partial charge < -0.3 is 15.4 Å². The Morgan fingerprint density at radius 3 is 2.43 bits per heavy atom. The Morgan fingerprint density at radius 2 is 1.68 bits per heavy atom. The Kier molecular flexibility index (Phi) is 6.34. The van der Waals surface area contributed by atoms with E-state index in [0.29, 0.717) is 22.7 Å². The second-order valence-corrected chi connectivity index (χ2v) is 6.24. The van der Waals surface area contributed by atoms with E-state index in [0.717, 1.165) is 12.1 Å². The van der Waals surface area contributed by atoms with E-state index in [1.54, 1.807) is 25.1 Å². The molecule has 1 atom stereocenters. The Morgan fingerprint density at radius 1 is 0.964 bits per heavy atom. The fraction of sp³-hybridized carbons (Fsp3) is 0.136. The highest BCUT2D eigenvalue weighted by Crippen LogP contribution is 2.29. The molecule has 0 saturated heterocycles. The summed E-state index contributed by atoms with van der Waals surface area (Å²) in [6.45, 7) is 1.77. The van der Waals surface area contributed by atoms with Crippen LogP contribution in [0.5, 0.6) is 11.5 Å². The first kappa shape index (κ1) is 19.5. The molecule has 0 aliphatic heterocycles. The van der Waals surface area contributed by atoms with Gasteiger partial charge in [0.15, 0.2) is 17.4 Å². The van der Waals surface area contributed by atoms with Crippen LogP contribution in [-0.4, -0.2) is 12.5 Å². The molecule has 144 valence electrons. The molecule has 0 aromatic heterocycles. The van der Waals surface area contributed by atoms with E-state index >= 15 is 0 Å². The van der Waals surface area contributed by atoms with E-state index in [4.69, 9.17) is 4.74 Å². The second kappa shape index (κ2) is 9.10. The number of hydrogen-bond donors (Lipinski definition) is 2. The van der Waals surface area contributed by atoms with Crippen molar-refractivity contribution >= 4 is 11.6 Å². The van der Waals surface area contributed by atoms with E-state index < -0.39 is 11.6 Å². The minimum atomic E-state index is -0.914. The van der Waals surface area contributed by atoms with Gasteiger partial charge in [-0.05, 0) is 48.9 Å². The summed E-state index contributed by atoms with van der Waals surface area (Å²) in [7, 11) is 0. The lowest BCUT2D eigenvalue weighted by molar-refractivity contribution is -0.115. The summed E-state index contributed by atoms with van der Waals surface area (Å²) in [4.78, 5) is 12.3. The lowest BCUT2D eigenvalue weighted by Gasteiger charge is -2.16. The molecule has 0 aliphatic carbocycles. The molecule has 0 unspecified atom stereocenters. The maximum absolute atomic E-state index is 13.4. The smallest absolute Gasteiger partial charge is 0.238 e. The summed E-state index contributed by atoms with van der Waals surface area (Å²) in [5.41, 5.74) is 1.10. The maximum Gasteiger partial charge on any atom is 0.238 e. The highest BCUT2D eigenvalue weighted by molar-refractivity contribution is 5.93. The third-order valence-electron chi connectivity index (χ3n) is 4.14. The van der Waals surface area contributed by atoms with Crippen molar-refractivity contribution in [3.05, 3.63) is 90.0 Å². The summed E-state index contributed by atoms with van der Waals surface area (Å²) >= 11 is 0. The van der Waals surface area contributed by atoms with E-state index in [1.165, 1.54) is 6.07 Å². The maximum atomic E-state index is 13.4. The zero-order valence-corrected chi connectivity index (χ0v) is 15.3. The first-order chi connectivity index (χ1) is 13.5.